The van der Waals surface area contributed by atoms with Gasteiger partial charge >= 0.3 is 0 Å². The van der Waals surface area contributed by atoms with Gasteiger partial charge in [0.1, 0.15) is 0 Å². The maximum Gasteiger partial charge on any atom is 0.248 e. The molecule has 0 saturated carbocycles. The Bertz CT molecular complexity index is 2230. The number of aromatic nitrogens is 4. The van der Waals surface area contributed by atoms with Gasteiger partial charge in [-0.2, -0.15) is 0 Å². The highest BCUT2D eigenvalue weighted by atomic mass is 16.4. The summed E-state index contributed by atoms with van der Waals surface area (Å²) in [5.41, 5.74) is 8.36. The molecule has 0 bridgehead atoms. The highest BCUT2D eigenvalue weighted by molar-refractivity contribution is 6.10. The maximum absolute atomic E-state index is 6.31. The predicted molar refractivity (Wildman–Crippen MR) is 231 cm³/mol. The molecule has 5 heteroatoms. The van der Waals surface area contributed by atoms with Gasteiger partial charge in [-0.05, 0) is 54.6 Å². The molecule has 0 amide bonds. The number of fused-ring (bicyclic) bond motifs is 6. The van der Waals surface area contributed by atoms with Crippen LogP contribution in [-0.2, 0) is 0 Å². The zero-order chi connectivity index (χ0) is 38.3. The smallest absolute Gasteiger partial charge is 0.248 e. The Morgan fingerprint density at radius 2 is 0.642 bits per heavy atom. The lowest BCUT2D eigenvalue weighted by Crippen LogP contribution is -2.00. The first kappa shape index (κ1) is 39.8. The van der Waals surface area contributed by atoms with Crippen molar-refractivity contribution < 1.29 is 4.42 Å². The van der Waals surface area contributed by atoms with Gasteiger partial charge in [-0.25, -0.2) is 0 Å². The van der Waals surface area contributed by atoms with Crippen LogP contribution >= 0.6 is 0 Å². The lowest BCUT2D eigenvalue weighted by atomic mass is 10.1. The van der Waals surface area contributed by atoms with Crippen LogP contribution < -0.4 is 0 Å². The molecular formula is C48H54N4O. The standard InChI is InChI=1S/C38H24N4O.5C2H6/c1-2-12-25(13-3-1)37-39-40-38(43-37)26-22-27(41-33-18-8-4-14-29(33)30-15-5-9-19-34(30)41)24-28(23-26)42-35-20-10-6-16-31(35)32-17-7-11-21-36(32)42;5*1-2/h1-24H;5*1-2H3. The van der Waals surface area contributed by atoms with Gasteiger partial charge in [0.15, 0.2) is 0 Å². The predicted octanol–water partition coefficient (Wildman–Crippen LogP) is 14.7. The van der Waals surface area contributed by atoms with Gasteiger partial charge < -0.3 is 13.6 Å². The fourth-order valence-corrected chi connectivity index (χ4v) is 6.42. The Kier molecular flexibility index (Phi) is 14.7. The van der Waals surface area contributed by atoms with Crippen molar-refractivity contribution >= 4 is 43.6 Å². The van der Waals surface area contributed by atoms with E-state index in [0.29, 0.717) is 11.8 Å². The number of benzene rings is 6. The van der Waals surface area contributed by atoms with Crippen LogP contribution in [0.5, 0.6) is 0 Å². The Hall–Kier alpha value is -5.94. The minimum Gasteiger partial charge on any atom is -0.416 e. The normalized spacial score (nSPS) is 10.1. The van der Waals surface area contributed by atoms with Crippen molar-refractivity contribution in [3.63, 3.8) is 0 Å². The third-order valence-electron chi connectivity index (χ3n) is 8.27. The highest BCUT2D eigenvalue weighted by Crippen LogP contribution is 2.37. The molecule has 5 nitrogen and oxygen atoms in total. The second-order valence-electron chi connectivity index (χ2n) is 10.8. The van der Waals surface area contributed by atoms with E-state index in [2.05, 4.69) is 135 Å². The molecule has 6 aromatic carbocycles. The van der Waals surface area contributed by atoms with Gasteiger partial charge in [-0.3, -0.25) is 0 Å². The van der Waals surface area contributed by atoms with Crippen molar-refractivity contribution in [2.45, 2.75) is 69.2 Å². The van der Waals surface area contributed by atoms with Crippen LogP contribution in [0.3, 0.4) is 0 Å². The van der Waals surface area contributed by atoms with Crippen LogP contribution in [0.15, 0.2) is 150 Å². The van der Waals surface area contributed by atoms with Crippen LogP contribution in [0.1, 0.15) is 69.2 Å². The largest absolute Gasteiger partial charge is 0.416 e. The Labute approximate surface area is 315 Å². The van der Waals surface area contributed by atoms with E-state index in [9.17, 15) is 0 Å². The molecule has 9 aromatic rings. The molecule has 9 rings (SSSR count). The van der Waals surface area contributed by atoms with Crippen molar-refractivity contribution in [1.29, 1.82) is 0 Å². The summed E-state index contributed by atoms with van der Waals surface area (Å²) in [5.74, 6) is 0.972. The fraction of sp³-hybridized carbons (Fsp3) is 0.208. The molecular weight excluding hydrogens is 649 g/mol. The van der Waals surface area contributed by atoms with Gasteiger partial charge in [0.2, 0.25) is 11.8 Å². The van der Waals surface area contributed by atoms with E-state index >= 15 is 0 Å². The average Bonchev–Trinajstić information content (AvgIpc) is 3.98. The third-order valence-corrected chi connectivity index (χ3v) is 8.27. The van der Waals surface area contributed by atoms with Crippen LogP contribution in [0, 0.1) is 0 Å². The number of nitrogens with zero attached hydrogens (tertiary/aromatic N) is 4. The van der Waals surface area contributed by atoms with Crippen LogP contribution in [-0.4, -0.2) is 19.3 Å². The lowest BCUT2D eigenvalue weighted by molar-refractivity contribution is 0.584. The first-order valence-electron chi connectivity index (χ1n) is 19.3. The summed E-state index contributed by atoms with van der Waals surface area (Å²) in [5, 5.41) is 13.8. The summed E-state index contributed by atoms with van der Waals surface area (Å²) >= 11 is 0. The second kappa shape index (κ2) is 19.6. The maximum atomic E-state index is 6.31. The van der Waals surface area contributed by atoms with Gasteiger partial charge in [0, 0.05) is 44.0 Å². The minimum atomic E-state index is 0.475. The molecule has 0 spiro atoms. The van der Waals surface area contributed by atoms with Crippen molar-refractivity contribution in [2.24, 2.45) is 0 Å². The van der Waals surface area contributed by atoms with E-state index in [1.54, 1.807) is 0 Å². The van der Waals surface area contributed by atoms with Crippen molar-refractivity contribution in [3.8, 4) is 34.3 Å². The number of hydrogen-bond donors (Lipinski definition) is 0. The molecule has 272 valence electrons. The zero-order valence-electron chi connectivity index (χ0n) is 33.1. The fourth-order valence-electron chi connectivity index (χ4n) is 6.42. The van der Waals surface area contributed by atoms with Crippen LogP contribution in [0.4, 0.5) is 0 Å². The summed E-state index contributed by atoms with van der Waals surface area (Å²) in [7, 11) is 0. The molecule has 0 unspecified atom stereocenters. The quantitative estimate of drug-likeness (QED) is 0.183. The molecule has 3 aromatic heterocycles. The molecule has 0 aliphatic rings. The number of para-hydroxylation sites is 4. The summed E-state index contributed by atoms with van der Waals surface area (Å²) in [6.07, 6.45) is 0. The monoisotopic (exact) mass is 702 g/mol. The first-order chi connectivity index (χ1) is 26.3. The van der Waals surface area contributed by atoms with Crippen LogP contribution in [0.2, 0.25) is 0 Å². The first-order valence-corrected chi connectivity index (χ1v) is 19.3. The second-order valence-corrected chi connectivity index (χ2v) is 10.8. The molecule has 3 heterocycles. The molecule has 0 radical (unpaired) electrons. The Morgan fingerprint density at radius 1 is 0.340 bits per heavy atom. The molecule has 0 aliphatic heterocycles. The van der Waals surface area contributed by atoms with Gasteiger partial charge in [0.25, 0.3) is 0 Å². The van der Waals surface area contributed by atoms with Gasteiger partial charge in [-0.1, -0.05) is 160 Å². The van der Waals surface area contributed by atoms with E-state index in [0.717, 1.165) is 44.6 Å². The molecule has 0 aliphatic carbocycles. The van der Waals surface area contributed by atoms with Gasteiger partial charge in [-0.15, -0.1) is 10.2 Å². The summed E-state index contributed by atoms with van der Waals surface area (Å²) in [6.45, 7) is 20.0. The topological polar surface area (TPSA) is 48.8 Å². The van der Waals surface area contributed by atoms with E-state index in [4.69, 9.17) is 4.42 Å². The van der Waals surface area contributed by atoms with Crippen molar-refractivity contribution in [3.05, 3.63) is 146 Å². The number of rotatable bonds is 4. The van der Waals surface area contributed by atoms with E-state index in [1.165, 1.54) is 21.5 Å². The minimum absolute atomic E-state index is 0.475. The van der Waals surface area contributed by atoms with Crippen molar-refractivity contribution in [1.82, 2.24) is 19.3 Å². The summed E-state index contributed by atoms with van der Waals surface area (Å²) in [4.78, 5) is 0. The number of hydrogen-bond acceptors (Lipinski definition) is 3. The SMILES string of the molecule is CC.CC.CC.CC.CC.c1ccc(-c2nnc(-c3cc(-n4c5ccccc5c5ccccc54)cc(-n4c5ccccc5c5ccccc54)c3)o2)cc1. The summed E-state index contributed by atoms with van der Waals surface area (Å²) in [6, 6.07) is 50.7. The zero-order valence-corrected chi connectivity index (χ0v) is 33.1. The molecule has 0 saturated heterocycles. The molecule has 53 heavy (non-hydrogen) atoms. The highest BCUT2D eigenvalue weighted by Gasteiger charge is 2.19. The Balaban J connectivity index is 0.000000582. The van der Waals surface area contributed by atoms with Gasteiger partial charge in [0.05, 0.1) is 22.1 Å². The third kappa shape index (κ3) is 7.80. The summed E-state index contributed by atoms with van der Waals surface area (Å²) < 4.78 is 11.0. The average molecular weight is 703 g/mol. The molecule has 0 N–H and O–H groups in total. The van der Waals surface area contributed by atoms with E-state index < -0.39 is 0 Å². The van der Waals surface area contributed by atoms with Crippen LogP contribution in [0.25, 0.3) is 77.9 Å². The lowest BCUT2D eigenvalue weighted by Gasteiger charge is -2.14. The van der Waals surface area contributed by atoms with Crippen molar-refractivity contribution in [2.75, 3.05) is 0 Å². The molecule has 0 atom stereocenters. The Morgan fingerprint density at radius 3 is 1.00 bits per heavy atom. The van der Waals surface area contributed by atoms with E-state index in [-0.39, 0.29) is 0 Å². The molecule has 0 fully saturated rings. The van der Waals surface area contributed by atoms with E-state index in [1.807, 2.05) is 99.6 Å².